The van der Waals surface area contributed by atoms with Crippen molar-refractivity contribution in [3.63, 3.8) is 0 Å². The van der Waals surface area contributed by atoms with Crippen molar-refractivity contribution in [3.05, 3.63) is 119 Å². The largest absolute Gasteiger partial charge is 0.508 e. The zero-order chi connectivity index (χ0) is 43.5. The number of carbonyl (C=O) groups is 1. The molecule has 7 aliphatic rings. The van der Waals surface area contributed by atoms with Gasteiger partial charge in [0.15, 0.2) is 11.7 Å². The molecular weight excluding hydrogens is 841 g/mol. The first-order valence-electron chi connectivity index (χ1n) is 21.3. The Labute approximate surface area is 374 Å². The minimum absolute atomic E-state index is 0.00712. The quantitative estimate of drug-likeness (QED) is 0.110. The molecule has 12 nitrogen and oxygen atoms in total. The number of fused-ring (bicyclic) bond motifs is 8. The summed E-state index contributed by atoms with van der Waals surface area (Å²) in [6, 6.07) is 19.8. The van der Waals surface area contributed by atoms with Crippen LogP contribution in [0.3, 0.4) is 0 Å². The van der Waals surface area contributed by atoms with E-state index < -0.39 is 36.2 Å². The summed E-state index contributed by atoms with van der Waals surface area (Å²) >= 11 is 0. The van der Waals surface area contributed by atoms with Gasteiger partial charge in [0.2, 0.25) is 6.29 Å². The molecule has 9 atom stereocenters. The number of aromatic hydroxyl groups is 1. The van der Waals surface area contributed by atoms with Crippen LogP contribution in [0.2, 0.25) is 0 Å². The van der Waals surface area contributed by atoms with Gasteiger partial charge in [-0.2, -0.15) is 0 Å². The molecule has 14 heteroatoms. The minimum Gasteiger partial charge on any atom is -0.508 e. The van der Waals surface area contributed by atoms with Gasteiger partial charge in [-0.1, -0.05) is 82.3 Å². The van der Waals surface area contributed by atoms with Crippen LogP contribution in [0.1, 0.15) is 53.9 Å². The van der Waals surface area contributed by atoms with E-state index in [1.807, 2.05) is 6.21 Å². The lowest BCUT2D eigenvalue weighted by Crippen LogP contribution is -2.72. The molecule has 2 saturated heterocycles. The number of aliphatic hydroxyl groups excluding tert-OH is 2. The Morgan fingerprint density at radius 1 is 1.02 bits per heavy atom. The number of nitrogens with zero attached hydrogens (tertiary/aromatic N) is 1. The summed E-state index contributed by atoms with van der Waals surface area (Å²) in [7, 11) is 3.06. The number of phenolic OH excluding ortho intramolecular Hbond substituents is 1. The number of phenols is 1. The van der Waals surface area contributed by atoms with Crippen molar-refractivity contribution >= 4 is 50.7 Å². The first-order valence-corrected chi connectivity index (χ1v) is 23.8. The van der Waals surface area contributed by atoms with Crippen molar-refractivity contribution in [3.8, 4) is 29.1 Å². The number of aliphatic imine (C=N–C) groups is 1. The highest BCUT2D eigenvalue weighted by atomic mass is 33.1. The summed E-state index contributed by atoms with van der Waals surface area (Å²) in [5, 5.41) is 59.1. The molecule has 0 spiro atoms. The number of ether oxygens (including phenoxy) is 4. The van der Waals surface area contributed by atoms with Gasteiger partial charge in [-0.3, -0.25) is 4.99 Å². The Morgan fingerprint density at radius 2 is 1.87 bits per heavy atom. The summed E-state index contributed by atoms with van der Waals surface area (Å²) in [5.41, 5.74) is 4.46. The number of β-amino-alcohol motifs (C(OH)–C–C–N with tert-alkyl or cyclic N) is 1. The molecule has 63 heavy (non-hydrogen) atoms. The highest BCUT2D eigenvalue weighted by Gasteiger charge is 2.59. The van der Waals surface area contributed by atoms with Crippen molar-refractivity contribution in [2.45, 2.75) is 61.8 Å². The average molecular weight is 891 g/mol. The zero-order valence-corrected chi connectivity index (χ0v) is 36.1. The lowest BCUT2D eigenvalue weighted by Gasteiger charge is -2.49. The molecule has 4 aliphatic heterocycles. The number of hydrogen-bond acceptors (Lipinski definition) is 13. The van der Waals surface area contributed by atoms with Crippen LogP contribution in [0.15, 0.2) is 102 Å². The Morgan fingerprint density at radius 3 is 2.70 bits per heavy atom. The maximum Gasteiger partial charge on any atom is 0.335 e. The number of benzene rings is 3. The molecule has 0 aromatic heterocycles. The second kappa shape index (κ2) is 19.0. The minimum atomic E-state index is -2.10. The number of allylic oxidation sites excluding steroid dienone is 5. The molecule has 3 aromatic rings. The van der Waals surface area contributed by atoms with Gasteiger partial charge in [-0.05, 0) is 89.2 Å². The predicted octanol–water partition coefficient (Wildman–Crippen LogP) is 6.99. The number of nitrogens with one attached hydrogen (secondary N) is 1. The number of aliphatic carboxylic acids is 1. The summed E-state index contributed by atoms with van der Waals surface area (Å²) < 4.78 is 24.6. The highest BCUT2D eigenvalue weighted by Crippen LogP contribution is 2.43. The van der Waals surface area contributed by atoms with E-state index in [-0.39, 0.29) is 54.1 Å². The first-order chi connectivity index (χ1) is 30.7. The molecule has 0 radical (unpaired) electrons. The van der Waals surface area contributed by atoms with E-state index in [9.17, 15) is 30.3 Å². The Balaban J connectivity index is 1.02. The van der Waals surface area contributed by atoms with E-state index in [4.69, 9.17) is 18.9 Å². The van der Waals surface area contributed by atoms with Crippen molar-refractivity contribution in [2.24, 2.45) is 22.7 Å². The molecule has 2 bridgehead atoms. The monoisotopic (exact) mass is 890 g/mol. The molecule has 328 valence electrons. The molecule has 3 aliphatic carbocycles. The van der Waals surface area contributed by atoms with Crippen LogP contribution in [-0.2, 0) is 14.3 Å². The molecular formula is C49H50N2O10S2. The first kappa shape index (κ1) is 43.3. The fourth-order valence-electron chi connectivity index (χ4n) is 9.51. The van der Waals surface area contributed by atoms with E-state index in [2.05, 4.69) is 70.7 Å². The van der Waals surface area contributed by atoms with E-state index >= 15 is 0 Å². The number of hydrogen-bond donors (Lipinski definition) is 6. The predicted molar refractivity (Wildman–Crippen MR) is 244 cm³/mol. The van der Waals surface area contributed by atoms with Crippen LogP contribution < -0.4 is 14.8 Å². The summed E-state index contributed by atoms with van der Waals surface area (Å²) in [4.78, 5) is 17.1. The Bertz CT molecular complexity index is 2420. The molecule has 4 heterocycles. The second-order valence-electron chi connectivity index (χ2n) is 16.7. The SMILES string of the molecule is O=C(O)C1OC(Oc2ccc3c(c2)OCC(c2ccc(O)cc2)=C3O)C2(O)CNCC(C3CC#CCCC4C=CC(=CC3)c3ccccc34)C(C3=CCN=C3)CSSCOC2C1O. The lowest BCUT2D eigenvalue weighted by molar-refractivity contribution is -0.316. The normalized spacial score (nSPS) is 30.8. The van der Waals surface area contributed by atoms with Crippen LogP contribution in [0.5, 0.6) is 17.2 Å². The van der Waals surface area contributed by atoms with Gasteiger partial charge in [0.05, 0.1) is 12.1 Å². The van der Waals surface area contributed by atoms with Crippen LogP contribution in [0.4, 0.5) is 0 Å². The fourth-order valence-corrected chi connectivity index (χ4v) is 11.6. The van der Waals surface area contributed by atoms with Gasteiger partial charge in [-0.25, -0.2) is 4.79 Å². The highest BCUT2D eigenvalue weighted by molar-refractivity contribution is 8.76. The Kier molecular flexibility index (Phi) is 13.1. The summed E-state index contributed by atoms with van der Waals surface area (Å²) in [6.07, 6.45) is 7.68. The molecule has 3 aromatic carbocycles. The molecule has 0 amide bonds. The van der Waals surface area contributed by atoms with E-state index in [0.29, 0.717) is 47.9 Å². The van der Waals surface area contributed by atoms with Gasteiger partial charge in [0.25, 0.3) is 0 Å². The van der Waals surface area contributed by atoms with Crippen LogP contribution >= 0.6 is 21.6 Å². The third-order valence-corrected chi connectivity index (χ3v) is 15.0. The van der Waals surface area contributed by atoms with Crippen molar-refractivity contribution in [1.29, 1.82) is 0 Å². The van der Waals surface area contributed by atoms with Crippen molar-refractivity contribution in [2.75, 3.05) is 37.9 Å². The van der Waals surface area contributed by atoms with Crippen LogP contribution in [0.25, 0.3) is 16.9 Å². The van der Waals surface area contributed by atoms with Crippen LogP contribution in [0, 0.1) is 29.6 Å². The zero-order valence-electron chi connectivity index (χ0n) is 34.5. The van der Waals surface area contributed by atoms with Gasteiger partial charge in [0, 0.05) is 48.9 Å². The van der Waals surface area contributed by atoms with E-state index in [1.54, 1.807) is 35.1 Å². The van der Waals surface area contributed by atoms with E-state index in [0.717, 1.165) is 30.6 Å². The Hall–Kier alpha value is -4.98. The third kappa shape index (κ3) is 9.06. The van der Waals surface area contributed by atoms with Gasteiger partial charge in [0.1, 0.15) is 47.8 Å². The number of carboxylic acids is 1. The standard InChI is InChI=1S/C49H50N2O10S2/c52-34-16-14-32(15-17-34)40-25-58-42-22-35(18-19-38(42)43(40)53)60-48-49(57)27-51-24-39(30-7-3-1-2-6-29-10-12-31(13-11-30)37-9-5-4-8-36(29)37)41(33-20-21-50-23-33)26-62-63-28-59-46(49)44(54)45(61-48)47(55)56/h4-5,8-10,12-20,22-23,29-30,39,41,44-46,48,51-54,57H,2,6-7,11,21,24-28H2,(H,55,56). The summed E-state index contributed by atoms with van der Waals surface area (Å²) in [5.74, 6) is 7.47. The number of rotatable bonds is 6. The second-order valence-corrected chi connectivity index (χ2v) is 19.1. The molecule has 6 N–H and O–H groups in total. The maximum atomic E-state index is 12.8. The smallest absolute Gasteiger partial charge is 0.335 e. The third-order valence-electron chi connectivity index (χ3n) is 12.9. The van der Waals surface area contributed by atoms with Gasteiger partial charge >= 0.3 is 5.97 Å². The summed E-state index contributed by atoms with van der Waals surface area (Å²) in [6.45, 7) is 0.900. The number of carboxylic acid groups (broad SMARTS) is 1. The van der Waals surface area contributed by atoms with E-state index in [1.165, 1.54) is 45.7 Å². The van der Waals surface area contributed by atoms with Gasteiger partial charge < -0.3 is 49.8 Å². The molecule has 2 fully saturated rings. The van der Waals surface area contributed by atoms with Crippen LogP contribution in [-0.4, -0.2) is 106 Å². The molecule has 9 unspecified atom stereocenters. The topological polar surface area (TPSA) is 180 Å². The fraction of sp³-hybridized carbons (Fsp3) is 0.388. The number of aliphatic hydroxyl groups is 3. The molecule has 10 rings (SSSR count). The molecule has 0 saturated carbocycles. The van der Waals surface area contributed by atoms with Gasteiger partial charge in [-0.15, -0.1) is 11.8 Å². The van der Waals surface area contributed by atoms with Crippen molar-refractivity contribution in [1.82, 2.24) is 5.32 Å². The average Bonchev–Trinajstić information content (AvgIpc) is 3.82. The lowest BCUT2D eigenvalue weighted by atomic mass is 9.74. The maximum absolute atomic E-state index is 12.8. The van der Waals surface area contributed by atoms with Crippen molar-refractivity contribution < 1.29 is 49.3 Å².